The molecule has 0 bridgehead atoms. The number of carbonyl (C=O) groups excluding carboxylic acids is 3. The van der Waals surface area contributed by atoms with Gasteiger partial charge in [-0.15, -0.1) is 0 Å². The minimum atomic E-state index is -0.625. The maximum absolute atomic E-state index is 12.1. The van der Waals surface area contributed by atoms with Crippen molar-refractivity contribution in [2.75, 3.05) is 5.32 Å². The lowest BCUT2D eigenvalue weighted by Crippen LogP contribution is -2.47. The molecule has 0 saturated carbocycles. The van der Waals surface area contributed by atoms with Crippen LogP contribution in [-0.2, 0) is 20.8 Å². The van der Waals surface area contributed by atoms with Crippen molar-refractivity contribution in [2.45, 2.75) is 39.3 Å². The van der Waals surface area contributed by atoms with Gasteiger partial charge in [0.25, 0.3) is 0 Å². The van der Waals surface area contributed by atoms with Gasteiger partial charge >= 0.3 is 0 Å². The van der Waals surface area contributed by atoms with E-state index >= 15 is 0 Å². The van der Waals surface area contributed by atoms with Crippen LogP contribution >= 0.6 is 0 Å². The van der Waals surface area contributed by atoms with Crippen molar-refractivity contribution >= 4 is 23.4 Å². The molecule has 0 aliphatic rings. The van der Waals surface area contributed by atoms with E-state index in [0.29, 0.717) is 11.3 Å². The standard InChI is InChI=1S/C17H23N3O3/c1-5-15(21)20-14-9-7-6-8-13(14)10-16(22)19-12(4)17(23)18-11(2)3/h5-9,11-12H,1,10H2,2-4H3,(H,18,23)(H,19,22)(H,20,21). The van der Waals surface area contributed by atoms with Crippen LogP contribution in [0.5, 0.6) is 0 Å². The first-order valence-corrected chi connectivity index (χ1v) is 7.44. The van der Waals surface area contributed by atoms with Gasteiger partial charge in [-0.05, 0) is 38.5 Å². The molecule has 0 spiro atoms. The van der Waals surface area contributed by atoms with Crippen molar-refractivity contribution < 1.29 is 14.4 Å². The molecule has 0 heterocycles. The van der Waals surface area contributed by atoms with E-state index in [-0.39, 0.29) is 30.2 Å². The zero-order chi connectivity index (χ0) is 17.4. The SMILES string of the molecule is C=CC(=O)Nc1ccccc1CC(=O)NC(C)C(=O)NC(C)C. The Bertz CT molecular complexity index is 597. The van der Waals surface area contributed by atoms with Gasteiger partial charge in [-0.1, -0.05) is 24.8 Å². The third-order valence-corrected chi connectivity index (χ3v) is 3.01. The largest absolute Gasteiger partial charge is 0.352 e. The van der Waals surface area contributed by atoms with Crippen LogP contribution in [-0.4, -0.2) is 29.8 Å². The first kappa shape index (κ1) is 18.4. The lowest BCUT2D eigenvalue weighted by Gasteiger charge is -2.16. The summed E-state index contributed by atoms with van der Waals surface area (Å²) in [5.74, 6) is -0.874. The third-order valence-electron chi connectivity index (χ3n) is 3.01. The van der Waals surface area contributed by atoms with Gasteiger partial charge in [0, 0.05) is 11.7 Å². The fourth-order valence-corrected chi connectivity index (χ4v) is 1.92. The average molecular weight is 317 g/mol. The molecule has 3 amide bonds. The van der Waals surface area contributed by atoms with E-state index in [2.05, 4.69) is 22.5 Å². The minimum Gasteiger partial charge on any atom is -0.352 e. The quantitative estimate of drug-likeness (QED) is 0.664. The highest BCUT2D eigenvalue weighted by Crippen LogP contribution is 2.15. The molecule has 1 aromatic rings. The molecule has 0 aromatic heterocycles. The monoisotopic (exact) mass is 317 g/mol. The summed E-state index contributed by atoms with van der Waals surface area (Å²) in [6, 6.07) is 6.38. The Hall–Kier alpha value is -2.63. The second-order valence-electron chi connectivity index (χ2n) is 5.48. The highest BCUT2D eigenvalue weighted by atomic mass is 16.2. The molecule has 6 heteroatoms. The Kier molecular flexibility index (Phi) is 6.99. The van der Waals surface area contributed by atoms with Gasteiger partial charge in [-0.3, -0.25) is 14.4 Å². The maximum Gasteiger partial charge on any atom is 0.247 e. The molecular formula is C17H23N3O3. The number of para-hydroxylation sites is 1. The van der Waals surface area contributed by atoms with Crippen LogP contribution < -0.4 is 16.0 Å². The van der Waals surface area contributed by atoms with E-state index in [1.165, 1.54) is 0 Å². The van der Waals surface area contributed by atoms with Crippen molar-refractivity contribution in [2.24, 2.45) is 0 Å². The highest BCUT2D eigenvalue weighted by Gasteiger charge is 2.17. The smallest absolute Gasteiger partial charge is 0.247 e. The van der Waals surface area contributed by atoms with Crippen LogP contribution in [0.15, 0.2) is 36.9 Å². The number of rotatable bonds is 7. The summed E-state index contributed by atoms with van der Waals surface area (Å²) in [6.45, 7) is 8.72. The normalized spacial score (nSPS) is 11.5. The number of benzene rings is 1. The molecule has 1 aromatic carbocycles. The number of amides is 3. The van der Waals surface area contributed by atoms with Crippen molar-refractivity contribution in [1.82, 2.24) is 10.6 Å². The molecular weight excluding hydrogens is 294 g/mol. The fraction of sp³-hybridized carbons (Fsp3) is 0.353. The second-order valence-corrected chi connectivity index (χ2v) is 5.48. The third kappa shape index (κ3) is 6.34. The Morgan fingerprint density at radius 2 is 1.78 bits per heavy atom. The number of hydrogen-bond donors (Lipinski definition) is 3. The van der Waals surface area contributed by atoms with E-state index in [1.807, 2.05) is 13.8 Å². The van der Waals surface area contributed by atoms with Crippen LogP contribution in [0.25, 0.3) is 0 Å². The maximum atomic E-state index is 12.1. The lowest BCUT2D eigenvalue weighted by molar-refractivity contribution is -0.128. The van der Waals surface area contributed by atoms with E-state index in [4.69, 9.17) is 0 Å². The van der Waals surface area contributed by atoms with Crippen LogP contribution in [0.4, 0.5) is 5.69 Å². The molecule has 0 fully saturated rings. The molecule has 23 heavy (non-hydrogen) atoms. The van der Waals surface area contributed by atoms with Gasteiger partial charge in [0.1, 0.15) is 6.04 Å². The van der Waals surface area contributed by atoms with Crippen LogP contribution in [0, 0.1) is 0 Å². The van der Waals surface area contributed by atoms with Crippen LogP contribution in [0.3, 0.4) is 0 Å². The molecule has 0 aliphatic heterocycles. The predicted octanol–water partition coefficient (Wildman–Crippen LogP) is 1.38. The zero-order valence-corrected chi connectivity index (χ0v) is 13.7. The molecule has 1 atom stereocenters. The van der Waals surface area contributed by atoms with Gasteiger partial charge in [0.2, 0.25) is 17.7 Å². The van der Waals surface area contributed by atoms with Crippen molar-refractivity contribution in [1.29, 1.82) is 0 Å². The van der Waals surface area contributed by atoms with Gasteiger partial charge in [-0.2, -0.15) is 0 Å². The Morgan fingerprint density at radius 3 is 2.39 bits per heavy atom. The van der Waals surface area contributed by atoms with Gasteiger partial charge < -0.3 is 16.0 Å². The topological polar surface area (TPSA) is 87.3 Å². The van der Waals surface area contributed by atoms with Gasteiger partial charge in [0.05, 0.1) is 6.42 Å². The molecule has 0 saturated heterocycles. The summed E-state index contributed by atoms with van der Waals surface area (Å²) in [7, 11) is 0. The summed E-state index contributed by atoms with van der Waals surface area (Å²) < 4.78 is 0. The second kappa shape index (κ2) is 8.73. The molecule has 124 valence electrons. The predicted molar refractivity (Wildman–Crippen MR) is 89.9 cm³/mol. The minimum absolute atomic E-state index is 0.0108. The Morgan fingerprint density at radius 1 is 1.13 bits per heavy atom. The summed E-state index contributed by atoms with van der Waals surface area (Å²) in [5.41, 5.74) is 1.21. The fourth-order valence-electron chi connectivity index (χ4n) is 1.92. The molecule has 0 radical (unpaired) electrons. The Labute approximate surface area is 136 Å². The average Bonchev–Trinajstić information content (AvgIpc) is 2.48. The van der Waals surface area contributed by atoms with Gasteiger partial charge in [0.15, 0.2) is 0 Å². The molecule has 0 aliphatic carbocycles. The van der Waals surface area contributed by atoms with Crippen LogP contribution in [0.1, 0.15) is 26.3 Å². The highest BCUT2D eigenvalue weighted by molar-refractivity contribution is 6.00. The lowest BCUT2D eigenvalue weighted by atomic mass is 10.1. The summed E-state index contributed by atoms with van der Waals surface area (Å²) in [4.78, 5) is 35.3. The molecule has 1 unspecified atom stereocenters. The van der Waals surface area contributed by atoms with Crippen LogP contribution in [0.2, 0.25) is 0 Å². The van der Waals surface area contributed by atoms with Gasteiger partial charge in [-0.25, -0.2) is 0 Å². The summed E-state index contributed by atoms with van der Waals surface area (Å²) >= 11 is 0. The van der Waals surface area contributed by atoms with E-state index in [0.717, 1.165) is 6.08 Å². The van der Waals surface area contributed by atoms with Crippen molar-refractivity contribution in [3.05, 3.63) is 42.5 Å². The summed E-state index contributed by atoms with van der Waals surface area (Å²) in [6.07, 6.45) is 1.22. The first-order chi connectivity index (χ1) is 10.8. The van der Waals surface area contributed by atoms with Crippen molar-refractivity contribution in [3.63, 3.8) is 0 Å². The molecule has 6 nitrogen and oxygen atoms in total. The molecule has 1 rings (SSSR count). The summed E-state index contributed by atoms with van der Waals surface area (Å²) in [5, 5.41) is 8.03. The number of nitrogens with one attached hydrogen (secondary N) is 3. The number of anilines is 1. The Balaban J connectivity index is 2.69. The molecule has 3 N–H and O–H groups in total. The zero-order valence-electron chi connectivity index (χ0n) is 13.7. The van der Waals surface area contributed by atoms with E-state index in [9.17, 15) is 14.4 Å². The first-order valence-electron chi connectivity index (χ1n) is 7.44. The number of carbonyl (C=O) groups is 3. The van der Waals surface area contributed by atoms with E-state index < -0.39 is 6.04 Å². The van der Waals surface area contributed by atoms with E-state index in [1.54, 1.807) is 31.2 Å². The number of hydrogen-bond acceptors (Lipinski definition) is 3. The van der Waals surface area contributed by atoms with Crippen molar-refractivity contribution in [3.8, 4) is 0 Å².